The zero-order valence-corrected chi connectivity index (χ0v) is 12.0. The number of pyridine rings is 1. The van der Waals surface area contributed by atoms with Crippen molar-refractivity contribution in [1.82, 2.24) is 10.4 Å². The summed E-state index contributed by atoms with van der Waals surface area (Å²) in [5.41, 5.74) is 10.6. The van der Waals surface area contributed by atoms with E-state index in [1.54, 1.807) is 6.07 Å². The molecule has 0 aliphatic heterocycles. The number of benzene rings is 2. The molecule has 21 heavy (non-hydrogen) atoms. The molecule has 0 spiro atoms. The Bertz CT molecular complexity index is 783. The smallest absolute Gasteiger partial charge is 0.128 e. The molecule has 0 saturated carbocycles. The number of hydrogen-bond acceptors (Lipinski definition) is 4. The van der Waals surface area contributed by atoms with Crippen LogP contribution in [-0.2, 0) is 0 Å². The van der Waals surface area contributed by atoms with Gasteiger partial charge >= 0.3 is 0 Å². The molecule has 0 amide bonds. The van der Waals surface area contributed by atoms with Crippen molar-refractivity contribution in [2.75, 3.05) is 5.73 Å². The third kappa shape index (κ3) is 2.56. The van der Waals surface area contributed by atoms with Crippen molar-refractivity contribution < 1.29 is 0 Å². The second-order valence-electron chi connectivity index (χ2n) is 4.80. The van der Waals surface area contributed by atoms with E-state index in [1.807, 2.05) is 24.3 Å². The first-order valence-electron chi connectivity index (χ1n) is 6.55. The molecule has 2 aromatic carbocycles. The minimum atomic E-state index is -0.276. The number of nitrogens with zero attached hydrogens (tertiary/aromatic N) is 1. The lowest BCUT2D eigenvalue weighted by Gasteiger charge is -2.20. The quantitative estimate of drug-likeness (QED) is 0.513. The van der Waals surface area contributed by atoms with Crippen molar-refractivity contribution >= 4 is 28.2 Å². The summed E-state index contributed by atoms with van der Waals surface area (Å²) in [7, 11) is 0. The number of aromatic nitrogens is 1. The van der Waals surface area contributed by atoms with Crippen molar-refractivity contribution in [1.29, 1.82) is 0 Å². The molecule has 0 radical (unpaired) electrons. The predicted molar refractivity (Wildman–Crippen MR) is 86.8 cm³/mol. The molecular formula is C16H15ClN4. The third-order valence-corrected chi connectivity index (χ3v) is 3.73. The summed E-state index contributed by atoms with van der Waals surface area (Å²) in [5, 5.41) is 2.78. The average Bonchev–Trinajstić information content (AvgIpc) is 2.51. The van der Waals surface area contributed by atoms with E-state index in [2.05, 4.69) is 28.6 Å². The molecule has 3 aromatic rings. The largest absolute Gasteiger partial charge is 0.383 e. The van der Waals surface area contributed by atoms with Crippen molar-refractivity contribution in [3.05, 3.63) is 70.9 Å². The fourth-order valence-corrected chi connectivity index (χ4v) is 2.71. The van der Waals surface area contributed by atoms with Gasteiger partial charge in [0.1, 0.15) is 5.82 Å². The molecule has 5 heteroatoms. The van der Waals surface area contributed by atoms with Gasteiger partial charge < -0.3 is 5.73 Å². The number of rotatable bonds is 3. The van der Waals surface area contributed by atoms with E-state index in [1.165, 1.54) is 6.20 Å². The third-order valence-electron chi connectivity index (χ3n) is 3.53. The molecule has 106 valence electrons. The van der Waals surface area contributed by atoms with Crippen LogP contribution in [0, 0.1) is 0 Å². The Morgan fingerprint density at radius 2 is 1.81 bits per heavy atom. The number of nitrogen functional groups attached to an aromatic ring is 1. The van der Waals surface area contributed by atoms with Gasteiger partial charge in [-0.05, 0) is 22.4 Å². The molecule has 1 atom stereocenters. The Morgan fingerprint density at radius 1 is 1.05 bits per heavy atom. The fraction of sp³-hybridized carbons (Fsp3) is 0.0625. The number of hydrazine groups is 1. The van der Waals surface area contributed by atoms with Gasteiger partial charge in [-0.2, -0.15) is 0 Å². The SMILES string of the molecule is NNC(c1cc(Cl)cnc1N)c1cccc2ccccc12. The Kier molecular flexibility index (Phi) is 3.75. The average molecular weight is 299 g/mol. The summed E-state index contributed by atoms with van der Waals surface area (Å²) in [6.45, 7) is 0. The second-order valence-corrected chi connectivity index (χ2v) is 5.23. The number of anilines is 1. The van der Waals surface area contributed by atoms with Gasteiger partial charge in [0.05, 0.1) is 11.1 Å². The molecule has 1 unspecified atom stereocenters. The first-order valence-corrected chi connectivity index (χ1v) is 6.93. The highest BCUT2D eigenvalue weighted by Gasteiger charge is 2.18. The maximum atomic E-state index is 6.04. The van der Waals surface area contributed by atoms with Crippen LogP contribution in [0.5, 0.6) is 0 Å². The fourth-order valence-electron chi connectivity index (χ4n) is 2.55. The van der Waals surface area contributed by atoms with Crippen LogP contribution >= 0.6 is 11.6 Å². The Morgan fingerprint density at radius 3 is 2.62 bits per heavy atom. The first kappa shape index (κ1) is 13.8. The molecule has 0 fully saturated rings. The summed E-state index contributed by atoms with van der Waals surface area (Å²) in [5.74, 6) is 6.18. The van der Waals surface area contributed by atoms with Gasteiger partial charge in [0.15, 0.2) is 0 Å². The van der Waals surface area contributed by atoms with Crippen LogP contribution in [0.15, 0.2) is 54.7 Å². The summed E-state index contributed by atoms with van der Waals surface area (Å²) in [6.07, 6.45) is 1.52. The van der Waals surface area contributed by atoms with Gasteiger partial charge in [-0.3, -0.25) is 5.84 Å². The van der Waals surface area contributed by atoms with Crippen LogP contribution in [0.1, 0.15) is 17.2 Å². The van der Waals surface area contributed by atoms with Gasteiger partial charge in [-0.15, -0.1) is 0 Å². The first-order chi connectivity index (χ1) is 10.2. The van der Waals surface area contributed by atoms with Crippen molar-refractivity contribution in [2.24, 2.45) is 5.84 Å². The zero-order valence-electron chi connectivity index (χ0n) is 11.3. The minimum absolute atomic E-state index is 0.276. The summed E-state index contributed by atoms with van der Waals surface area (Å²) in [6, 6.07) is 15.7. The van der Waals surface area contributed by atoms with E-state index in [4.69, 9.17) is 23.2 Å². The van der Waals surface area contributed by atoms with Gasteiger partial charge in [-0.25, -0.2) is 10.4 Å². The number of halogens is 1. The maximum absolute atomic E-state index is 6.04. The van der Waals surface area contributed by atoms with Crippen LogP contribution in [0.25, 0.3) is 10.8 Å². The molecular weight excluding hydrogens is 284 g/mol. The minimum Gasteiger partial charge on any atom is -0.383 e. The van der Waals surface area contributed by atoms with E-state index >= 15 is 0 Å². The number of nitrogens with two attached hydrogens (primary N) is 2. The van der Waals surface area contributed by atoms with Gasteiger partial charge in [-0.1, -0.05) is 54.1 Å². The second kappa shape index (κ2) is 5.69. The standard InChI is InChI=1S/C16H15ClN4/c17-11-8-14(16(18)20-9-11)15(21-19)13-7-3-5-10-4-1-2-6-12(10)13/h1-9,15,21H,19H2,(H2,18,20). The van der Waals surface area contributed by atoms with Crippen molar-refractivity contribution in [2.45, 2.75) is 6.04 Å². The van der Waals surface area contributed by atoms with E-state index in [-0.39, 0.29) is 6.04 Å². The monoisotopic (exact) mass is 298 g/mol. The van der Waals surface area contributed by atoms with E-state index in [0.29, 0.717) is 10.8 Å². The summed E-state index contributed by atoms with van der Waals surface area (Å²) in [4.78, 5) is 4.10. The number of fused-ring (bicyclic) bond motifs is 1. The van der Waals surface area contributed by atoms with E-state index < -0.39 is 0 Å². The molecule has 1 aromatic heterocycles. The van der Waals surface area contributed by atoms with Crippen LogP contribution < -0.4 is 17.0 Å². The van der Waals surface area contributed by atoms with Gasteiger partial charge in [0.25, 0.3) is 0 Å². The molecule has 0 aliphatic rings. The van der Waals surface area contributed by atoms with Crippen LogP contribution in [0.2, 0.25) is 5.02 Å². The normalized spacial score (nSPS) is 12.5. The van der Waals surface area contributed by atoms with Gasteiger partial charge in [0, 0.05) is 11.8 Å². The molecule has 5 N–H and O–H groups in total. The summed E-state index contributed by atoms with van der Waals surface area (Å²) >= 11 is 6.04. The number of hydrogen-bond donors (Lipinski definition) is 3. The highest BCUT2D eigenvalue weighted by Crippen LogP contribution is 2.31. The van der Waals surface area contributed by atoms with E-state index in [9.17, 15) is 0 Å². The van der Waals surface area contributed by atoms with E-state index in [0.717, 1.165) is 21.9 Å². The highest BCUT2D eigenvalue weighted by atomic mass is 35.5. The van der Waals surface area contributed by atoms with Crippen LogP contribution in [0.3, 0.4) is 0 Å². The highest BCUT2D eigenvalue weighted by molar-refractivity contribution is 6.30. The van der Waals surface area contributed by atoms with Crippen molar-refractivity contribution in [3.8, 4) is 0 Å². The molecule has 0 bridgehead atoms. The summed E-state index contributed by atoms with van der Waals surface area (Å²) < 4.78 is 0. The molecule has 4 nitrogen and oxygen atoms in total. The van der Waals surface area contributed by atoms with Crippen LogP contribution in [-0.4, -0.2) is 4.98 Å². The lowest BCUT2D eigenvalue weighted by molar-refractivity contribution is 0.641. The Labute approximate surface area is 127 Å². The zero-order chi connectivity index (χ0) is 14.8. The van der Waals surface area contributed by atoms with Crippen molar-refractivity contribution in [3.63, 3.8) is 0 Å². The Balaban J connectivity index is 2.21. The number of nitrogens with one attached hydrogen (secondary N) is 1. The van der Waals surface area contributed by atoms with Crippen LogP contribution in [0.4, 0.5) is 5.82 Å². The Hall–Kier alpha value is -2.14. The molecule has 0 saturated heterocycles. The maximum Gasteiger partial charge on any atom is 0.128 e. The molecule has 0 aliphatic carbocycles. The molecule has 1 heterocycles. The lowest BCUT2D eigenvalue weighted by atomic mass is 9.94. The predicted octanol–water partition coefficient (Wildman–Crippen LogP) is 3.02. The lowest BCUT2D eigenvalue weighted by Crippen LogP contribution is -2.29. The topological polar surface area (TPSA) is 77.0 Å². The molecule has 3 rings (SSSR count). The van der Waals surface area contributed by atoms with Gasteiger partial charge in [0.2, 0.25) is 0 Å².